The van der Waals surface area contributed by atoms with E-state index in [-0.39, 0.29) is 18.9 Å². The summed E-state index contributed by atoms with van der Waals surface area (Å²) in [5.74, 6) is 0.353. The third kappa shape index (κ3) is 7.27. The maximum absolute atomic E-state index is 12.7. The van der Waals surface area contributed by atoms with Gasteiger partial charge in [-0.2, -0.15) is 11.8 Å². The Morgan fingerprint density at radius 3 is 2.53 bits per heavy atom. The van der Waals surface area contributed by atoms with Gasteiger partial charge >= 0.3 is 5.97 Å². The summed E-state index contributed by atoms with van der Waals surface area (Å²) in [6.45, 7) is 5.65. The van der Waals surface area contributed by atoms with Gasteiger partial charge in [-0.3, -0.25) is 4.79 Å². The molecule has 0 aliphatic heterocycles. The van der Waals surface area contributed by atoms with E-state index in [1.54, 1.807) is 31.2 Å². The van der Waals surface area contributed by atoms with Gasteiger partial charge in [-0.25, -0.2) is 4.79 Å². The Hall–Kier alpha value is -2.15. The Morgan fingerprint density at radius 1 is 1.17 bits per heavy atom. The van der Waals surface area contributed by atoms with E-state index in [0.717, 1.165) is 5.56 Å². The number of hydrogen-bond donors (Lipinski definition) is 2. The van der Waals surface area contributed by atoms with Gasteiger partial charge in [-0.15, -0.1) is 6.58 Å². The zero-order valence-corrected chi connectivity index (χ0v) is 18.9. The number of carbonyl (C=O) groups excluding carboxylic acids is 2. The normalized spacial score (nSPS) is 11.4. The minimum atomic E-state index is -0.722. The third-order valence-corrected chi connectivity index (χ3v) is 5.69. The van der Waals surface area contributed by atoms with Crippen LogP contribution in [0.3, 0.4) is 0 Å². The number of nitrogens with one attached hydrogen (secondary N) is 2. The molecule has 0 aliphatic rings. The molecule has 0 saturated carbocycles. The second-order valence-corrected chi connectivity index (χ2v) is 8.14. The molecular formula is C22H24Cl2N2O3S. The van der Waals surface area contributed by atoms with Crippen LogP contribution in [0.1, 0.15) is 12.5 Å². The van der Waals surface area contributed by atoms with Gasteiger partial charge in [0.25, 0.3) is 0 Å². The Labute approximate surface area is 191 Å². The van der Waals surface area contributed by atoms with Crippen molar-refractivity contribution in [1.82, 2.24) is 5.32 Å². The fourth-order valence-corrected chi connectivity index (χ4v) is 3.90. The molecule has 2 aromatic rings. The summed E-state index contributed by atoms with van der Waals surface area (Å²) in [6, 6.07) is 11.9. The molecule has 1 amide bonds. The number of anilines is 2. The van der Waals surface area contributed by atoms with Crippen LogP contribution in [-0.4, -0.2) is 36.0 Å². The van der Waals surface area contributed by atoms with E-state index < -0.39 is 12.0 Å². The van der Waals surface area contributed by atoms with Gasteiger partial charge in [0.05, 0.1) is 28.8 Å². The Balaban J connectivity index is 2.12. The minimum Gasteiger partial charge on any atom is -0.464 e. The first-order valence-corrected chi connectivity index (χ1v) is 11.3. The van der Waals surface area contributed by atoms with E-state index in [9.17, 15) is 9.59 Å². The summed E-state index contributed by atoms with van der Waals surface area (Å²) in [7, 11) is 0. The fraction of sp³-hybridized carbons (Fsp3) is 0.273. The van der Waals surface area contributed by atoms with Crippen molar-refractivity contribution in [3.05, 3.63) is 70.7 Å². The van der Waals surface area contributed by atoms with E-state index in [1.807, 2.05) is 24.3 Å². The van der Waals surface area contributed by atoms with E-state index >= 15 is 0 Å². The smallest absolute Gasteiger partial charge is 0.329 e. The molecule has 0 fully saturated rings. The lowest BCUT2D eigenvalue weighted by molar-refractivity contribution is -0.146. The monoisotopic (exact) mass is 466 g/mol. The standard InChI is InChI=1S/C22H24Cl2N2O3S/c1-3-12-30-14-19(22(28)29-4-2)25-20(27)13-15-8-5-6-11-18(15)26-21-16(23)9-7-10-17(21)24/h3,5-11,19,26H,1,4,12-14H2,2H3,(H,25,27)/t19-/m0/s1. The van der Waals surface area contributed by atoms with Crippen LogP contribution in [0, 0.1) is 0 Å². The van der Waals surface area contributed by atoms with Gasteiger partial charge < -0.3 is 15.4 Å². The van der Waals surface area contributed by atoms with Gasteiger partial charge in [0.2, 0.25) is 5.91 Å². The second-order valence-electron chi connectivity index (χ2n) is 6.25. The van der Waals surface area contributed by atoms with E-state index in [0.29, 0.717) is 32.9 Å². The largest absolute Gasteiger partial charge is 0.464 e. The Kier molecular flexibility index (Phi) is 10.1. The molecule has 8 heteroatoms. The molecule has 0 unspecified atom stereocenters. The summed E-state index contributed by atoms with van der Waals surface area (Å²) in [6.07, 6.45) is 1.82. The Bertz CT molecular complexity index is 872. The van der Waals surface area contributed by atoms with Crippen molar-refractivity contribution >= 4 is 58.2 Å². The van der Waals surface area contributed by atoms with Crippen LogP contribution in [0.15, 0.2) is 55.1 Å². The lowest BCUT2D eigenvalue weighted by Gasteiger charge is -2.18. The van der Waals surface area contributed by atoms with Crippen LogP contribution in [-0.2, 0) is 20.7 Å². The van der Waals surface area contributed by atoms with Crippen molar-refractivity contribution in [3.63, 3.8) is 0 Å². The van der Waals surface area contributed by atoms with Crippen LogP contribution in [0.25, 0.3) is 0 Å². The van der Waals surface area contributed by atoms with Gasteiger partial charge in [0.15, 0.2) is 0 Å². The average Bonchev–Trinajstić information content (AvgIpc) is 2.71. The Morgan fingerprint density at radius 2 is 1.87 bits per heavy atom. The van der Waals surface area contributed by atoms with Crippen molar-refractivity contribution < 1.29 is 14.3 Å². The third-order valence-electron chi connectivity index (χ3n) is 4.02. The number of rotatable bonds is 11. The highest BCUT2D eigenvalue weighted by Gasteiger charge is 2.22. The molecule has 0 heterocycles. The van der Waals surface area contributed by atoms with Crippen LogP contribution in [0.5, 0.6) is 0 Å². The molecule has 0 bridgehead atoms. The predicted octanol–water partition coefficient (Wildman–Crippen LogP) is 5.25. The summed E-state index contributed by atoms with van der Waals surface area (Å²) in [5.41, 5.74) is 2.02. The van der Waals surface area contributed by atoms with Crippen molar-refractivity contribution in [3.8, 4) is 0 Å². The molecule has 0 radical (unpaired) electrons. The molecule has 160 valence electrons. The number of ether oxygens (including phenoxy) is 1. The molecule has 2 N–H and O–H groups in total. The topological polar surface area (TPSA) is 67.4 Å². The number of amides is 1. The highest BCUT2D eigenvalue weighted by atomic mass is 35.5. The summed E-state index contributed by atoms with van der Waals surface area (Å²) < 4.78 is 5.08. The van der Waals surface area contributed by atoms with Crippen LogP contribution in [0.4, 0.5) is 11.4 Å². The highest BCUT2D eigenvalue weighted by molar-refractivity contribution is 7.99. The maximum atomic E-state index is 12.7. The average molecular weight is 467 g/mol. The molecular weight excluding hydrogens is 443 g/mol. The molecule has 2 aromatic carbocycles. The van der Waals surface area contributed by atoms with Crippen molar-refractivity contribution in [2.75, 3.05) is 23.4 Å². The van der Waals surface area contributed by atoms with Gasteiger partial charge in [0, 0.05) is 17.2 Å². The molecule has 0 saturated heterocycles. The fourth-order valence-electron chi connectivity index (χ4n) is 2.65. The molecule has 5 nitrogen and oxygen atoms in total. The van der Waals surface area contributed by atoms with Gasteiger partial charge in [0.1, 0.15) is 6.04 Å². The number of thioether (sulfide) groups is 1. The first-order chi connectivity index (χ1) is 14.5. The quantitative estimate of drug-likeness (QED) is 0.269. The van der Waals surface area contributed by atoms with Crippen molar-refractivity contribution in [2.45, 2.75) is 19.4 Å². The van der Waals surface area contributed by atoms with E-state index in [1.165, 1.54) is 11.8 Å². The maximum Gasteiger partial charge on any atom is 0.329 e. The SMILES string of the molecule is C=CCSC[C@H](NC(=O)Cc1ccccc1Nc1c(Cl)cccc1Cl)C(=O)OCC. The van der Waals surface area contributed by atoms with Crippen molar-refractivity contribution in [2.24, 2.45) is 0 Å². The van der Waals surface area contributed by atoms with Crippen molar-refractivity contribution in [1.29, 1.82) is 0 Å². The number of esters is 1. The molecule has 2 rings (SSSR count). The molecule has 0 spiro atoms. The number of halogens is 2. The zero-order valence-electron chi connectivity index (χ0n) is 16.6. The predicted molar refractivity (Wildman–Crippen MR) is 126 cm³/mol. The number of benzene rings is 2. The number of hydrogen-bond acceptors (Lipinski definition) is 5. The van der Waals surface area contributed by atoms with Gasteiger partial charge in [-0.1, -0.05) is 53.5 Å². The number of carbonyl (C=O) groups is 2. The summed E-state index contributed by atoms with van der Waals surface area (Å²) in [4.78, 5) is 24.9. The molecule has 1 atom stereocenters. The first kappa shape index (κ1) is 24.1. The second kappa shape index (κ2) is 12.5. The molecule has 0 aromatic heterocycles. The molecule has 30 heavy (non-hydrogen) atoms. The summed E-state index contributed by atoms with van der Waals surface area (Å²) in [5, 5.41) is 6.93. The zero-order chi connectivity index (χ0) is 21.9. The lowest BCUT2D eigenvalue weighted by Crippen LogP contribution is -2.44. The minimum absolute atomic E-state index is 0.0767. The van der Waals surface area contributed by atoms with E-state index in [4.69, 9.17) is 27.9 Å². The van der Waals surface area contributed by atoms with Crippen LogP contribution in [0.2, 0.25) is 10.0 Å². The lowest BCUT2D eigenvalue weighted by atomic mass is 10.1. The van der Waals surface area contributed by atoms with Crippen LogP contribution >= 0.6 is 35.0 Å². The van der Waals surface area contributed by atoms with E-state index in [2.05, 4.69) is 17.2 Å². The number of para-hydroxylation sites is 2. The molecule has 0 aliphatic carbocycles. The van der Waals surface area contributed by atoms with Gasteiger partial charge in [-0.05, 0) is 30.7 Å². The van der Waals surface area contributed by atoms with Crippen LogP contribution < -0.4 is 10.6 Å². The highest BCUT2D eigenvalue weighted by Crippen LogP contribution is 2.33. The summed E-state index contributed by atoms with van der Waals surface area (Å²) >= 11 is 14.0. The first-order valence-electron chi connectivity index (χ1n) is 9.39.